The van der Waals surface area contributed by atoms with Gasteiger partial charge in [-0.15, -0.1) is 5.10 Å². The molecule has 0 aromatic carbocycles. The molecule has 2 fully saturated rings. The number of nitrogens with zero attached hydrogens (tertiary/aromatic N) is 6. The quantitative estimate of drug-likeness (QED) is 0.452. The van der Waals surface area contributed by atoms with Gasteiger partial charge in [0, 0.05) is 25.2 Å². The number of aliphatic imine (C=N–C) groups is 1. The average Bonchev–Trinajstić information content (AvgIpc) is 3.18. The Morgan fingerprint density at radius 2 is 2.08 bits per heavy atom. The summed E-state index contributed by atoms with van der Waals surface area (Å²) in [6.45, 7) is 3.70. The number of hydrogen-bond donors (Lipinski definition) is 2. The van der Waals surface area contributed by atoms with Crippen molar-refractivity contribution in [3.8, 4) is 11.3 Å². The predicted octanol–water partition coefficient (Wildman–Crippen LogP) is 3.03. The van der Waals surface area contributed by atoms with Gasteiger partial charge in [0.25, 0.3) is 6.43 Å². The van der Waals surface area contributed by atoms with Gasteiger partial charge in [-0.2, -0.15) is 0 Å². The van der Waals surface area contributed by atoms with E-state index in [1.807, 2.05) is 0 Å². The fraction of sp³-hybridized carbons (Fsp3) is 0.520. The van der Waals surface area contributed by atoms with Crippen LogP contribution in [0.1, 0.15) is 19.0 Å². The smallest absolute Gasteiger partial charge is 0.250 e. The van der Waals surface area contributed by atoms with Crippen LogP contribution in [-0.4, -0.2) is 93.8 Å². The number of anilines is 1. The van der Waals surface area contributed by atoms with Crippen LogP contribution in [0, 0.1) is 5.82 Å². The molecule has 3 aromatic rings. The molecular formula is C25H28F4N8O. The second-order valence-corrected chi connectivity index (χ2v) is 9.98. The van der Waals surface area contributed by atoms with Gasteiger partial charge in [0.1, 0.15) is 6.17 Å². The van der Waals surface area contributed by atoms with Crippen molar-refractivity contribution < 1.29 is 22.3 Å². The number of piperidine rings is 1. The normalized spacial score (nSPS) is 24.4. The largest absolute Gasteiger partial charge is 0.378 e. The lowest BCUT2D eigenvalue weighted by Crippen LogP contribution is -2.57. The van der Waals surface area contributed by atoms with Crippen LogP contribution >= 0.6 is 0 Å². The maximum atomic E-state index is 15.1. The summed E-state index contributed by atoms with van der Waals surface area (Å²) < 4.78 is 62.0. The second-order valence-electron chi connectivity index (χ2n) is 9.98. The van der Waals surface area contributed by atoms with Crippen molar-refractivity contribution >= 4 is 22.9 Å². The summed E-state index contributed by atoms with van der Waals surface area (Å²) in [6.07, 6.45) is 0.109. The van der Waals surface area contributed by atoms with Gasteiger partial charge >= 0.3 is 0 Å². The molecule has 0 spiro atoms. The summed E-state index contributed by atoms with van der Waals surface area (Å²) in [4.78, 5) is 15.5. The zero-order valence-electron chi connectivity index (χ0n) is 20.7. The number of nitrogens with one attached hydrogen (secondary N) is 2. The van der Waals surface area contributed by atoms with E-state index in [0.29, 0.717) is 60.9 Å². The van der Waals surface area contributed by atoms with E-state index >= 15 is 4.39 Å². The summed E-state index contributed by atoms with van der Waals surface area (Å²) in [7, 11) is 0. The molecule has 0 bridgehead atoms. The van der Waals surface area contributed by atoms with E-state index in [2.05, 4.69) is 35.6 Å². The molecule has 3 aliphatic rings. The lowest BCUT2D eigenvalue weighted by Gasteiger charge is -2.42. The van der Waals surface area contributed by atoms with E-state index in [4.69, 9.17) is 4.74 Å². The maximum Gasteiger partial charge on any atom is 0.250 e. The monoisotopic (exact) mass is 532 g/mol. The van der Waals surface area contributed by atoms with E-state index in [-0.39, 0.29) is 23.6 Å². The van der Waals surface area contributed by atoms with Crippen LogP contribution < -0.4 is 10.6 Å². The molecule has 0 radical (unpaired) electrons. The highest BCUT2D eigenvalue weighted by molar-refractivity contribution is 5.92. The van der Waals surface area contributed by atoms with E-state index in [0.717, 1.165) is 6.54 Å². The molecule has 3 aromatic heterocycles. The van der Waals surface area contributed by atoms with Crippen molar-refractivity contribution in [1.82, 2.24) is 29.8 Å². The van der Waals surface area contributed by atoms with Crippen molar-refractivity contribution in [2.45, 2.75) is 50.5 Å². The van der Waals surface area contributed by atoms with Gasteiger partial charge in [-0.25, -0.2) is 27.1 Å². The molecule has 0 amide bonds. The highest BCUT2D eigenvalue weighted by Gasteiger charge is 2.35. The van der Waals surface area contributed by atoms with E-state index in [9.17, 15) is 13.2 Å². The topological polar surface area (TPSA) is 92.0 Å². The van der Waals surface area contributed by atoms with Crippen molar-refractivity contribution in [1.29, 1.82) is 0 Å². The minimum absolute atomic E-state index is 0.211. The molecule has 2 saturated heterocycles. The Kier molecular flexibility index (Phi) is 6.74. The molecule has 6 heterocycles. The molecule has 202 valence electrons. The summed E-state index contributed by atoms with van der Waals surface area (Å²) >= 11 is 0. The summed E-state index contributed by atoms with van der Waals surface area (Å²) in [5, 5.41) is 10.2. The van der Waals surface area contributed by atoms with Crippen LogP contribution in [0.3, 0.4) is 0 Å². The van der Waals surface area contributed by atoms with Crippen molar-refractivity contribution in [2.24, 2.45) is 4.99 Å². The number of aromatic nitrogens is 4. The molecular weight excluding hydrogens is 504 g/mol. The van der Waals surface area contributed by atoms with Gasteiger partial charge in [0.2, 0.25) is 5.95 Å². The molecule has 2 N–H and O–H groups in total. The number of rotatable bonds is 7. The van der Waals surface area contributed by atoms with Gasteiger partial charge < -0.3 is 15.4 Å². The van der Waals surface area contributed by atoms with Crippen molar-refractivity contribution in [3.05, 3.63) is 36.0 Å². The Bertz CT molecular complexity index is 1360. The SMILES string of the molecule is CC1=Nc2ccc(-c3c(F)cn4nc(N[C@H]5CCN(C6COC6)C[C@H]5F)ncc34)nc2C[C@@H]1NCC(F)F. The Balaban J connectivity index is 1.20. The van der Waals surface area contributed by atoms with Gasteiger partial charge in [-0.3, -0.25) is 14.9 Å². The first kappa shape index (κ1) is 25.1. The molecule has 3 aliphatic heterocycles. The number of alkyl halides is 3. The molecule has 9 nitrogen and oxygen atoms in total. The lowest BCUT2D eigenvalue weighted by molar-refractivity contribution is -0.0794. The van der Waals surface area contributed by atoms with Crippen LogP contribution in [-0.2, 0) is 11.2 Å². The number of halogens is 4. The zero-order chi connectivity index (χ0) is 26.4. The van der Waals surface area contributed by atoms with Crippen LogP contribution in [0.5, 0.6) is 0 Å². The minimum atomic E-state index is -2.48. The van der Waals surface area contributed by atoms with Crippen molar-refractivity contribution in [3.63, 3.8) is 0 Å². The highest BCUT2D eigenvalue weighted by atomic mass is 19.3. The molecule has 0 aliphatic carbocycles. The number of fused-ring (bicyclic) bond motifs is 2. The zero-order valence-corrected chi connectivity index (χ0v) is 20.7. The number of pyridine rings is 1. The maximum absolute atomic E-state index is 15.1. The lowest BCUT2D eigenvalue weighted by atomic mass is 10.0. The Morgan fingerprint density at radius 3 is 2.82 bits per heavy atom. The summed E-state index contributed by atoms with van der Waals surface area (Å²) in [6, 6.07) is 2.88. The highest BCUT2D eigenvalue weighted by Crippen LogP contribution is 2.32. The number of ether oxygens (including phenoxy) is 1. The third-order valence-electron chi connectivity index (χ3n) is 7.44. The fourth-order valence-electron chi connectivity index (χ4n) is 5.22. The van der Waals surface area contributed by atoms with E-state index in [1.165, 1.54) is 16.9 Å². The van der Waals surface area contributed by atoms with Crippen molar-refractivity contribution in [2.75, 3.05) is 38.2 Å². The van der Waals surface area contributed by atoms with Crippen LogP contribution in [0.25, 0.3) is 16.8 Å². The van der Waals surface area contributed by atoms with E-state index < -0.39 is 31.0 Å². The third kappa shape index (κ3) is 4.85. The summed E-state index contributed by atoms with van der Waals surface area (Å²) in [5.74, 6) is -0.325. The standard InChI is InChI=1S/C25H28F4N8O/c1-13-20(30-8-23(28)29)6-21-18(32-13)2-3-19(33-21)24-16(27)10-37-22(24)7-31-25(35-37)34-17-4-5-36(9-15(17)26)14-11-38-12-14/h2-3,7,10,14-15,17,20,23,30H,4-6,8-9,11-12H2,1H3,(H,34,35)/t15-,17+,20+/m1/s1. The molecule has 0 saturated carbocycles. The molecule has 13 heteroatoms. The fourth-order valence-corrected chi connectivity index (χ4v) is 5.22. The van der Waals surface area contributed by atoms with Gasteiger partial charge in [-0.05, 0) is 25.5 Å². The predicted molar refractivity (Wildman–Crippen MR) is 134 cm³/mol. The Morgan fingerprint density at radius 1 is 1.24 bits per heavy atom. The van der Waals surface area contributed by atoms with Gasteiger partial charge in [0.15, 0.2) is 5.82 Å². The first-order valence-corrected chi connectivity index (χ1v) is 12.7. The minimum Gasteiger partial charge on any atom is -0.378 e. The first-order valence-electron chi connectivity index (χ1n) is 12.7. The summed E-state index contributed by atoms with van der Waals surface area (Å²) in [5.41, 5.74) is 2.91. The second kappa shape index (κ2) is 10.2. The average molecular weight is 533 g/mol. The first-order chi connectivity index (χ1) is 18.4. The van der Waals surface area contributed by atoms with Gasteiger partial charge in [-0.1, -0.05) is 0 Å². The number of hydrogen-bond acceptors (Lipinski definition) is 8. The number of likely N-dealkylation sites (tertiary alicyclic amines) is 1. The molecule has 3 atom stereocenters. The molecule has 6 rings (SSSR count). The Hall–Kier alpha value is -3.16. The van der Waals surface area contributed by atoms with Gasteiger partial charge in [0.05, 0.1) is 78.4 Å². The van der Waals surface area contributed by atoms with E-state index in [1.54, 1.807) is 19.1 Å². The molecule has 0 unspecified atom stereocenters. The van der Waals surface area contributed by atoms with Crippen LogP contribution in [0.4, 0.5) is 29.2 Å². The van der Waals surface area contributed by atoms with Crippen LogP contribution in [0.15, 0.2) is 29.5 Å². The third-order valence-corrected chi connectivity index (χ3v) is 7.44. The van der Waals surface area contributed by atoms with Crippen LogP contribution in [0.2, 0.25) is 0 Å². The molecule has 38 heavy (non-hydrogen) atoms. The Labute approximate surface area is 216 Å².